The minimum absolute atomic E-state index is 0.0823. The fourth-order valence-electron chi connectivity index (χ4n) is 2.93. The molecule has 4 nitrogen and oxygen atoms in total. The van der Waals surface area contributed by atoms with Crippen molar-refractivity contribution in [2.24, 2.45) is 5.92 Å². The van der Waals surface area contributed by atoms with Gasteiger partial charge in [0, 0.05) is 25.0 Å². The van der Waals surface area contributed by atoms with Gasteiger partial charge in [0.1, 0.15) is 0 Å². The standard InChI is InChI=1S/C13H16ClN3O/c14-11-7-15-4-1-10(11)13(18)16-12-8-17-5-2-9(12)3-6-17/h1,4,7,9,12H,2-3,5-6,8H2,(H,16,18). The van der Waals surface area contributed by atoms with Crippen molar-refractivity contribution in [3.05, 3.63) is 29.0 Å². The second-order valence-corrected chi connectivity index (χ2v) is 5.48. The second kappa shape index (κ2) is 4.86. The molecule has 96 valence electrons. The van der Waals surface area contributed by atoms with Gasteiger partial charge in [-0.05, 0) is 37.9 Å². The van der Waals surface area contributed by atoms with Crippen LogP contribution in [0.3, 0.4) is 0 Å². The van der Waals surface area contributed by atoms with E-state index in [9.17, 15) is 4.79 Å². The van der Waals surface area contributed by atoms with Crippen LogP contribution in [-0.4, -0.2) is 41.5 Å². The molecule has 0 saturated carbocycles. The number of rotatable bonds is 2. The number of nitrogens with zero attached hydrogens (tertiary/aromatic N) is 2. The van der Waals surface area contributed by atoms with Crippen molar-refractivity contribution >= 4 is 17.5 Å². The molecule has 1 aromatic rings. The van der Waals surface area contributed by atoms with Gasteiger partial charge in [-0.25, -0.2) is 0 Å². The number of hydrogen-bond donors (Lipinski definition) is 1. The van der Waals surface area contributed by atoms with Crippen molar-refractivity contribution < 1.29 is 4.79 Å². The van der Waals surface area contributed by atoms with Crippen LogP contribution >= 0.6 is 11.6 Å². The van der Waals surface area contributed by atoms with Gasteiger partial charge in [0.15, 0.2) is 0 Å². The fraction of sp³-hybridized carbons (Fsp3) is 0.538. The van der Waals surface area contributed by atoms with E-state index in [-0.39, 0.29) is 11.9 Å². The van der Waals surface area contributed by atoms with E-state index in [1.165, 1.54) is 32.1 Å². The molecule has 2 bridgehead atoms. The van der Waals surface area contributed by atoms with Gasteiger partial charge in [-0.2, -0.15) is 0 Å². The number of amides is 1. The van der Waals surface area contributed by atoms with Gasteiger partial charge < -0.3 is 10.2 Å². The van der Waals surface area contributed by atoms with Crippen LogP contribution in [0.5, 0.6) is 0 Å². The number of aromatic nitrogens is 1. The van der Waals surface area contributed by atoms with Crippen LogP contribution in [0.1, 0.15) is 23.2 Å². The van der Waals surface area contributed by atoms with Gasteiger partial charge in [0.25, 0.3) is 5.91 Å². The average Bonchev–Trinajstić information content (AvgIpc) is 2.40. The van der Waals surface area contributed by atoms with E-state index in [0.717, 1.165) is 6.54 Å². The van der Waals surface area contributed by atoms with E-state index in [1.807, 2.05) is 0 Å². The van der Waals surface area contributed by atoms with Gasteiger partial charge >= 0.3 is 0 Å². The number of piperidine rings is 3. The van der Waals surface area contributed by atoms with Crippen LogP contribution in [0.4, 0.5) is 0 Å². The Morgan fingerprint density at radius 2 is 2.22 bits per heavy atom. The maximum Gasteiger partial charge on any atom is 0.253 e. The lowest BCUT2D eigenvalue weighted by Gasteiger charge is -2.44. The molecule has 0 aromatic carbocycles. The first-order valence-electron chi connectivity index (χ1n) is 6.37. The highest BCUT2D eigenvalue weighted by Gasteiger charge is 2.35. The Balaban J connectivity index is 1.70. The highest BCUT2D eigenvalue weighted by atomic mass is 35.5. The molecule has 3 saturated heterocycles. The van der Waals surface area contributed by atoms with E-state index >= 15 is 0 Å². The molecule has 1 atom stereocenters. The molecule has 3 fully saturated rings. The second-order valence-electron chi connectivity index (χ2n) is 5.07. The molecule has 3 aliphatic rings. The minimum atomic E-state index is -0.0823. The van der Waals surface area contributed by atoms with E-state index < -0.39 is 0 Å². The normalized spacial score (nSPS) is 30.2. The Labute approximate surface area is 111 Å². The summed E-state index contributed by atoms with van der Waals surface area (Å²) < 4.78 is 0. The molecule has 0 aliphatic carbocycles. The maximum atomic E-state index is 12.2. The molecule has 1 amide bonds. The van der Waals surface area contributed by atoms with Gasteiger partial charge in [0.2, 0.25) is 0 Å². The molecule has 1 aromatic heterocycles. The highest BCUT2D eigenvalue weighted by Crippen LogP contribution is 2.27. The lowest BCUT2D eigenvalue weighted by molar-refractivity contribution is 0.0620. The Morgan fingerprint density at radius 3 is 2.83 bits per heavy atom. The van der Waals surface area contributed by atoms with Crippen LogP contribution in [0.25, 0.3) is 0 Å². The molecule has 4 heterocycles. The Bertz CT molecular complexity index is 457. The number of carbonyl (C=O) groups is 1. The zero-order valence-corrected chi connectivity index (χ0v) is 10.9. The number of halogens is 1. The van der Waals surface area contributed by atoms with E-state index in [2.05, 4.69) is 15.2 Å². The quantitative estimate of drug-likeness (QED) is 0.883. The number of pyridine rings is 1. The molecular formula is C13H16ClN3O. The topological polar surface area (TPSA) is 45.2 Å². The third-order valence-electron chi connectivity index (χ3n) is 3.99. The van der Waals surface area contributed by atoms with Gasteiger partial charge in [-0.3, -0.25) is 9.78 Å². The molecule has 3 aliphatic heterocycles. The zero-order valence-electron chi connectivity index (χ0n) is 10.1. The van der Waals surface area contributed by atoms with Crippen molar-refractivity contribution in [1.82, 2.24) is 15.2 Å². The molecule has 18 heavy (non-hydrogen) atoms. The molecule has 0 radical (unpaired) electrons. The van der Waals surface area contributed by atoms with Gasteiger partial charge in [-0.1, -0.05) is 11.6 Å². The van der Waals surface area contributed by atoms with Crippen molar-refractivity contribution in [2.45, 2.75) is 18.9 Å². The Kier molecular flexibility index (Phi) is 3.22. The zero-order chi connectivity index (χ0) is 12.5. The summed E-state index contributed by atoms with van der Waals surface area (Å²) in [5.41, 5.74) is 0.517. The van der Waals surface area contributed by atoms with Crippen molar-refractivity contribution in [3.63, 3.8) is 0 Å². The van der Waals surface area contributed by atoms with E-state index in [4.69, 9.17) is 11.6 Å². The predicted molar refractivity (Wildman–Crippen MR) is 69.7 cm³/mol. The summed E-state index contributed by atoms with van der Waals surface area (Å²) in [7, 11) is 0. The van der Waals surface area contributed by atoms with Gasteiger partial charge in [-0.15, -0.1) is 0 Å². The van der Waals surface area contributed by atoms with Crippen molar-refractivity contribution in [2.75, 3.05) is 19.6 Å². The predicted octanol–water partition coefficient (Wildman–Crippen LogP) is 1.56. The summed E-state index contributed by atoms with van der Waals surface area (Å²) in [5.74, 6) is 0.542. The number of hydrogen-bond acceptors (Lipinski definition) is 3. The summed E-state index contributed by atoms with van der Waals surface area (Å²) in [4.78, 5) is 18.5. The molecule has 1 N–H and O–H groups in total. The van der Waals surface area contributed by atoms with Crippen LogP contribution in [-0.2, 0) is 0 Å². The lowest BCUT2D eigenvalue weighted by atomic mass is 9.84. The van der Waals surface area contributed by atoms with Crippen LogP contribution in [0.2, 0.25) is 5.02 Å². The van der Waals surface area contributed by atoms with Crippen molar-refractivity contribution in [1.29, 1.82) is 0 Å². The Hall–Kier alpha value is -1.13. The first-order valence-corrected chi connectivity index (χ1v) is 6.74. The lowest BCUT2D eigenvalue weighted by Crippen LogP contribution is -2.57. The molecule has 4 rings (SSSR count). The van der Waals surface area contributed by atoms with Crippen molar-refractivity contribution in [3.8, 4) is 0 Å². The Morgan fingerprint density at radius 1 is 1.44 bits per heavy atom. The molecule has 5 heteroatoms. The van der Waals surface area contributed by atoms with Crippen LogP contribution < -0.4 is 5.32 Å². The highest BCUT2D eigenvalue weighted by molar-refractivity contribution is 6.33. The first kappa shape index (κ1) is 11.9. The summed E-state index contributed by atoms with van der Waals surface area (Å²) in [6.45, 7) is 3.32. The summed E-state index contributed by atoms with van der Waals surface area (Å²) >= 11 is 5.98. The van der Waals surface area contributed by atoms with Crippen LogP contribution in [0, 0.1) is 5.92 Å². The monoisotopic (exact) mass is 265 g/mol. The summed E-state index contributed by atoms with van der Waals surface area (Å²) in [5, 5.41) is 3.53. The smallest absolute Gasteiger partial charge is 0.253 e. The minimum Gasteiger partial charge on any atom is -0.348 e. The number of carbonyl (C=O) groups excluding carboxylic acids is 1. The number of fused-ring (bicyclic) bond motifs is 3. The number of nitrogens with one attached hydrogen (secondary N) is 1. The molecule has 0 spiro atoms. The third-order valence-corrected chi connectivity index (χ3v) is 4.29. The summed E-state index contributed by atoms with van der Waals surface area (Å²) in [6, 6.07) is 1.93. The maximum absolute atomic E-state index is 12.2. The van der Waals surface area contributed by atoms with Gasteiger partial charge in [0.05, 0.1) is 10.6 Å². The van der Waals surface area contributed by atoms with Crippen LogP contribution in [0.15, 0.2) is 18.5 Å². The first-order chi connectivity index (χ1) is 8.74. The third kappa shape index (κ3) is 2.22. The molecular weight excluding hydrogens is 250 g/mol. The van der Waals surface area contributed by atoms with E-state index in [1.54, 1.807) is 12.3 Å². The molecule has 1 unspecified atom stereocenters. The average molecular weight is 266 g/mol. The summed E-state index contributed by atoms with van der Waals surface area (Å²) in [6.07, 6.45) is 5.48. The van der Waals surface area contributed by atoms with E-state index in [0.29, 0.717) is 16.5 Å². The SMILES string of the molecule is O=C(NC1CN2CCC1CC2)c1ccncc1Cl. The fourth-order valence-corrected chi connectivity index (χ4v) is 3.14. The largest absolute Gasteiger partial charge is 0.348 e.